The third-order valence-corrected chi connectivity index (χ3v) is 4.32. The van der Waals surface area contributed by atoms with Crippen LogP contribution >= 0.6 is 24.0 Å². The lowest BCUT2D eigenvalue weighted by Crippen LogP contribution is -2.46. The van der Waals surface area contributed by atoms with E-state index < -0.39 is 0 Å². The lowest BCUT2D eigenvalue weighted by molar-refractivity contribution is 0.131. The van der Waals surface area contributed by atoms with Crippen molar-refractivity contribution in [3.63, 3.8) is 0 Å². The summed E-state index contributed by atoms with van der Waals surface area (Å²) in [4.78, 5) is 4.29. The molecule has 0 aliphatic heterocycles. The first-order valence-electron chi connectivity index (χ1n) is 7.26. The number of halogens is 1. The molecule has 0 spiro atoms. The zero-order valence-electron chi connectivity index (χ0n) is 12.5. The third-order valence-electron chi connectivity index (χ3n) is 4.32. The Bertz CT molecular complexity index is 407. The summed E-state index contributed by atoms with van der Waals surface area (Å²) in [5.74, 6) is 0.906. The SMILES string of the molecule is CCC1(CNC(=NC)NCc2ccccc2)CCC1.I. The van der Waals surface area contributed by atoms with E-state index in [1.807, 2.05) is 13.1 Å². The average molecular weight is 387 g/mol. The van der Waals surface area contributed by atoms with Gasteiger partial charge in [0.2, 0.25) is 0 Å². The van der Waals surface area contributed by atoms with E-state index in [0.29, 0.717) is 5.41 Å². The molecule has 1 aromatic rings. The number of guanidine groups is 1. The first-order valence-corrected chi connectivity index (χ1v) is 7.26. The van der Waals surface area contributed by atoms with Gasteiger partial charge in [-0.3, -0.25) is 4.99 Å². The van der Waals surface area contributed by atoms with Crippen LogP contribution in [0.5, 0.6) is 0 Å². The van der Waals surface area contributed by atoms with Crippen LogP contribution in [0.15, 0.2) is 35.3 Å². The molecule has 0 bridgehead atoms. The highest BCUT2D eigenvalue weighted by Gasteiger charge is 2.34. The number of aliphatic imine (C=N–C) groups is 1. The summed E-state index contributed by atoms with van der Waals surface area (Å²) >= 11 is 0. The van der Waals surface area contributed by atoms with E-state index in [-0.39, 0.29) is 24.0 Å². The maximum absolute atomic E-state index is 4.29. The van der Waals surface area contributed by atoms with Crippen LogP contribution in [-0.2, 0) is 6.54 Å². The van der Waals surface area contributed by atoms with E-state index in [2.05, 4.69) is 46.8 Å². The maximum Gasteiger partial charge on any atom is 0.191 e. The molecule has 1 fully saturated rings. The van der Waals surface area contributed by atoms with Gasteiger partial charge in [-0.2, -0.15) is 0 Å². The van der Waals surface area contributed by atoms with Crippen LogP contribution in [0.2, 0.25) is 0 Å². The van der Waals surface area contributed by atoms with Crippen LogP contribution in [0.3, 0.4) is 0 Å². The topological polar surface area (TPSA) is 36.4 Å². The van der Waals surface area contributed by atoms with Crippen molar-refractivity contribution in [2.45, 2.75) is 39.2 Å². The highest BCUT2D eigenvalue weighted by Crippen LogP contribution is 2.42. The lowest BCUT2D eigenvalue weighted by Gasteiger charge is -2.41. The van der Waals surface area contributed by atoms with Crippen molar-refractivity contribution in [1.29, 1.82) is 0 Å². The van der Waals surface area contributed by atoms with Crippen molar-refractivity contribution in [2.75, 3.05) is 13.6 Å². The van der Waals surface area contributed by atoms with Gasteiger partial charge in [-0.15, -0.1) is 24.0 Å². The summed E-state index contributed by atoms with van der Waals surface area (Å²) in [6.07, 6.45) is 5.35. The van der Waals surface area contributed by atoms with E-state index in [1.54, 1.807) is 0 Å². The minimum Gasteiger partial charge on any atom is -0.356 e. The van der Waals surface area contributed by atoms with Gasteiger partial charge in [0, 0.05) is 20.1 Å². The van der Waals surface area contributed by atoms with Crippen molar-refractivity contribution < 1.29 is 0 Å². The second kappa shape index (κ2) is 8.49. The molecule has 20 heavy (non-hydrogen) atoms. The van der Waals surface area contributed by atoms with Crippen LogP contribution < -0.4 is 10.6 Å². The summed E-state index contributed by atoms with van der Waals surface area (Å²) in [5.41, 5.74) is 1.80. The molecule has 4 heteroatoms. The fourth-order valence-corrected chi connectivity index (χ4v) is 2.61. The van der Waals surface area contributed by atoms with Gasteiger partial charge < -0.3 is 10.6 Å². The largest absolute Gasteiger partial charge is 0.356 e. The summed E-state index contributed by atoms with van der Waals surface area (Å²) < 4.78 is 0. The Kier molecular flexibility index (Phi) is 7.34. The van der Waals surface area contributed by atoms with Crippen LogP contribution in [0.1, 0.15) is 38.2 Å². The summed E-state index contributed by atoms with van der Waals surface area (Å²) in [5, 5.41) is 6.84. The molecular formula is C16H26IN3. The van der Waals surface area contributed by atoms with Gasteiger partial charge in [0.15, 0.2) is 5.96 Å². The van der Waals surface area contributed by atoms with Crippen LogP contribution in [0.4, 0.5) is 0 Å². The Balaban J connectivity index is 0.00000200. The fraction of sp³-hybridized carbons (Fsp3) is 0.562. The quantitative estimate of drug-likeness (QED) is 0.461. The second-order valence-corrected chi connectivity index (χ2v) is 5.47. The predicted molar refractivity (Wildman–Crippen MR) is 96.6 cm³/mol. The molecule has 1 aliphatic rings. The summed E-state index contributed by atoms with van der Waals surface area (Å²) in [6, 6.07) is 10.4. The molecule has 1 aliphatic carbocycles. The number of benzene rings is 1. The highest BCUT2D eigenvalue weighted by atomic mass is 127. The standard InChI is InChI=1S/C16H25N3.HI/c1-3-16(10-7-11-16)13-19-15(17-2)18-12-14-8-5-4-6-9-14;/h4-6,8-9H,3,7,10-13H2,1-2H3,(H2,17,18,19);1H. The van der Waals surface area contributed by atoms with Gasteiger partial charge in [0.05, 0.1) is 0 Å². The van der Waals surface area contributed by atoms with E-state index in [1.165, 1.54) is 31.2 Å². The van der Waals surface area contributed by atoms with Crippen LogP contribution in [-0.4, -0.2) is 19.6 Å². The number of hydrogen-bond donors (Lipinski definition) is 2. The lowest BCUT2D eigenvalue weighted by atomic mass is 9.67. The normalized spacial score (nSPS) is 16.8. The molecule has 0 saturated heterocycles. The number of nitrogens with zero attached hydrogens (tertiary/aromatic N) is 1. The zero-order valence-corrected chi connectivity index (χ0v) is 14.8. The predicted octanol–water partition coefficient (Wildman–Crippen LogP) is 3.55. The average Bonchev–Trinajstić information content (AvgIpc) is 2.42. The van der Waals surface area contributed by atoms with E-state index in [0.717, 1.165) is 19.0 Å². The van der Waals surface area contributed by atoms with E-state index in [9.17, 15) is 0 Å². The van der Waals surface area contributed by atoms with Crippen molar-refractivity contribution >= 4 is 29.9 Å². The van der Waals surface area contributed by atoms with E-state index in [4.69, 9.17) is 0 Å². The molecular weight excluding hydrogens is 361 g/mol. The van der Waals surface area contributed by atoms with Gasteiger partial charge in [0.1, 0.15) is 0 Å². The molecule has 3 nitrogen and oxygen atoms in total. The maximum atomic E-state index is 4.29. The monoisotopic (exact) mass is 387 g/mol. The van der Waals surface area contributed by atoms with Gasteiger partial charge in [-0.25, -0.2) is 0 Å². The Labute approximate surface area is 139 Å². The molecule has 0 heterocycles. The molecule has 0 atom stereocenters. The second-order valence-electron chi connectivity index (χ2n) is 5.47. The van der Waals surface area contributed by atoms with Crippen molar-refractivity contribution in [1.82, 2.24) is 10.6 Å². The van der Waals surface area contributed by atoms with Crippen molar-refractivity contribution in [3.05, 3.63) is 35.9 Å². The Morgan fingerprint density at radius 3 is 2.40 bits per heavy atom. The summed E-state index contributed by atoms with van der Waals surface area (Å²) in [6.45, 7) is 4.15. The minimum atomic E-state index is 0. The zero-order chi connectivity index (χ0) is 13.6. The first-order chi connectivity index (χ1) is 9.28. The van der Waals surface area contributed by atoms with Crippen LogP contribution in [0.25, 0.3) is 0 Å². The van der Waals surface area contributed by atoms with Gasteiger partial charge in [-0.05, 0) is 30.2 Å². The summed E-state index contributed by atoms with van der Waals surface area (Å²) in [7, 11) is 1.83. The molecule has 2 N–H and O–H groups in total. The van der Waals surface area contributed by atoms with Gasteiger partial charge in [-0.1, -0.05) is 43.7 Å². The minimum absolute atomic E-state index is 0. The highest BCUT2D eigenvalue weighted by molar-refractivity contribution is 14.0. The van der Waals surface area contributed by atoms with Crippen LogP contribution in [0, 0.1) is 5.41 Å². The Morgan fingerprint density at radius 1 is 1.20 bits per heavy atom. The molecule has 0 radical (unpaired) electrons. The Morgan fingerprint density at radius 2 is 1.90 bits per heavy atom. The fourth-order valence-electron chi connectivity index (χ4n) is 2.61. The molecule has 1 aromatic carbocycles. The van der Waals surface area contributed by atoms with Gasteiger partial charge in [0.25, 0.3) is 0 Å². The van der Waals surface area contributed by atoms with E-state index >= 15 is 0 Å². The molecule has 0 amide bonds. The van der Waals surface area contributed by atoms with Crippen molar-refractivity contribution in [2.24, 2.45) is 10.4 Å². The molecule has 1 saturated carbocycles. The molecule has 0 aromatic heterocycles. The number of nitrogens with one attached hydrogen (secondary N) is 2. The number of hydrogen-bond acceptors (Lipinski definition) is 1. The molecule has 0 unspecified atom stereocenters. The molecule has 2 rings (SSSR count). The smallest absolute Gasteiger partial charge is 0.191 e. The molecule has 112 valence electrons. The third kappa shape index (κ3) is 4.65. The first kappa shape index (κ1) is 17.3. The van der Waals surface area contributed by atoms with Crippen molar-refractivity contribution in [3.8, 4) is 0 Å². The number of rotatable bonds is 5. The van der Waals surface area contributed by atoms with Gasteiger partial charge >= 0.3 is 0 Å². The Hall–Kier alpha value is -0.780.